The molecule has 1 aromatic rings. The highest BCUT2D eigenvalue weighted by Crippen LogP contribution is 2.39. The van der Waals surface area contributed by atoms with Crippen LogP contribution in [0, 0.1) is 17.8 Å². The van der Waals surface area contributed by atoms with Gasteiger partial charge < -0.3 is 4.79 Å². The van der Waals surface area contributed by atoms with Gasteiger partial charge in [0.1, 0.15) is 6.29 Å². The standard InChI is InChI=1S/C21H29ClO/c22-21-13-11-20(12-14-21)19-9-7-17(8-10-19)2-1-16-3-5-18(15-23)6-4-16/h11-19H,1-10H2/t16-,17-,18-,19-. The van der Waals surface area contributed by atoms with Crippen molar-refractivity contribution in [2.24, 2.45) is 17.8 Å². The van der Waals surface area contributed by atoms with Crippen LogP contribution in [0.4, 0.5) is 0 Å². The summed E-state index contributed by atoms with van der Waals surface area (Å²) in [4.78, 5) is 10.8. The van der Waals surface area contributed by atoms with Crippen LogP contribution in [0.1, 0.15) is 75.7 Å². The van der Waals surface area contributed by atoms with Crippen molar-refractivity contribution in [3.8, 4) is 0 Å². The third-order valence-corrected chi connectivity index (χ3v) is 6.51. The quantitative estimate of drug-likeness (QED) is 0.570. The van der Waals surface area contributed by atoms with Crippen LogP contribution in [0.2, 0.25) is 5.02 Å². The lowest BCUT2D eigenvalue weighted by atomic mass is 9.74. The average Bonchev–Trinajstić information content (AvgIpc) is 2.61. The lowest BCUT2D eigenvalue weighted by molar-refractivity contribution is -0.112. The van der Waals surface area contributed by atoms with Crippen LogP contribution in [0.5, 0.6) is 0 Å². The van der Waals surface area contributed by atoms with Gasteiger partial charge in [0, 0.05) is 10.9 Å². The number of rotatable bonds is 5. The Morgan fingerprint density at radius 1 is 0.826 bits per heavy atom. The van der Waals surface area contributed by atoms with Crippen molar-refractivity contribution in [1.29, 1.82) is 0 Å². The molecule has 3 rings (SSSR count). The van der Waals surface area contributed by atoms with Gasteiger partial charge >= 0.3 is 0 Å². The number of carbonyl (C=O) groups is 1. The van der Waals surface area contributed by atoms with Crippen molar-refractivity contribution in [2.45, 2.75) is 70.1 Å². The van der Waals surface area contributed by atoms with Gasteiger partial charge in [-0.3, -0.25) is 0 Å². The second-order valence-electron chi connectivity index (χ2n) is 7.76. The molecule has 2 aliphatic carbocycles. The Morgan fingerprint density at radius 2 is 1.35 bits per heavy atom. The number of halogens is 1. The Morgan fingerprint density at radius 3 is 1.87 bits per heavy atom. The van der Waals surface area contributed by atoms with Gasteiger partial charge in [-0.05, 0) is 86.8 Å². The number of hydrogen-bond acceptors (Lipinski definition) is 1. The first-order chi connectivity index (χ1) is 11.2. The minimum atomic E-state index is 0.362. The Labute approximate surface area is 145 Å². The lowest BCUT2D eigenvalue weighted by Gasteiger charge is -2.31. The van der Waals surface area contributed by atoms with Gasteiger partial charge in [0.25, 0.3) is 0 Å². The summed E-state index contributed by atoms with van der Waals surface area (Å²) in [6.45, 7) is 0. The third-order valence-electron chi connectivity index (χ3n) is 6.26. The smallest absolute Gasteiger partial charge is 0.123 e. The predicted octanol–water partition coefficient (Wildman–Crippen LogP) is 6.40. The minimum absolute atomic E-state index is 0.362. The third kappa shape index (κ3) is 4.83. The lowest BCUT2D eigenvalue weighted by Crippen LogP contribution is -2.18. The van der Waals surface area contributed by atoms with Crippen molar-refractivity contribution < 1.29 is 4.79 Å². The van der Waals surface area contributed by atoms with Gasteiger partial charge in [-0.1, -0.05) is 36.6 Å². The van der Waals surface area contributed by atoms with Gasteiger partial charge in [-0.25, -0.2) is 0 Å². The molecule has 0 spiro atoms. The zero-order valence-electron chi connectivity index (χ0n) is 14.1. The fourth-order valence-corrected chi connectivity index (χ4v) is 4.73. The van der Waals surface area contributed by atoms with E-state index in [9.17, 15) is 4.79 Å². The van der Waals surface area contributed by atoms with E-state index in [1.165, 1.54) is 63.2 Å². The van der Waals surface area contributed by atoms with E-state index in [1.807, 2.05) is 12.1 Å². The normalized spacial score (nSPS) is 31.7. The molecule has 0 saturated heterocycles. The molecule has 0 amide bonds. The molecule has 2 aliphatic rings. The molecule has 0 aromatic heterocycles. The second-order valence-corrected chi connectivity index (χ2v) is 8.20. The molecule has 126 valence electrons. The summed E-state index contributed by atoms with van der Waals surface area (Å²) in [5, 5.41) is 0.840. The molecule has 23 heavy (non-hydrogen) atoms. The van der Waals surface area contributed by atoms with Crippen LogP contribution in [0.15, 0.2) is 24.3 Å². The van der Waals surface area contributed by atoms with Crippen molar-refractivity contribution in [2.75, 3.05) is 0 Å². The minimum Gasteiger partial charge on any atom is -0.303 e. The van der Waals surface area contributed by atoms with Crippen molar-refractivity contribution in [3.05, 3.63) is 34.9 Å². The SMILES string of the molecule is O=C[C@H]1CC[C@H](CC[C@H]2CC[C@H](c3ccc(Cl)cc3)CC2)CC1. The van der Waals surface area contributed by atoms with Crippen LogP contribution in [-0.2, 0) is 4.79 Å². The van der Waals surface area contributed by atoms with Crippen LogP contribution in [0.25, 0.3) is 0 Å². The molecule has 1 aromatic carbocycles. The van der Waals surface area contributed by atoms with Gasteiger partial charge in [-0.2, -0.15) is 0 Å². The second kappa shape index (κ2) is 8.33. The van der Waals surface area contributed by atoms with E-state index < -0.39 is 0 Å². The average molecular weight is 333 g/mol. The maximum Gasteiger partial charge on any atom is 0.123 e. The predicted molar refractivity (Wildman–Crippen MR) is 96.9 cm³/mol. The maximum atomic E-state index is 10.8. The van der Waals surface area contributed by atoms with Gasteiger partial charge in [0.2, 0.25) is 0 Å². The van der Waals surface area contributed by atoms with E-state index >= 15 is 0 Å². The molecular formula is C21H29ClO. The molecule has 0 bridgehead atoms. The largest absolute Gasteiger partial charge is 0.303 e. The number of hydrogen-bond donors (Lipinski definition) is 0. The molecule has 0 atom stereocenters. The monoisotopic (exact) mass is 332 g/mol. The van der Waals surface area contributed by atoms with E-state index in [4.69, 9.17) is 11.6 Å². The zero-order chi connectivity index (χ0) is 16.1. The van der Waals surface area contributed by atoms with Crippen LogP contribution in [-0.4, -0.2) is 6.29 Å². The highest BCUT2D eigenvalue weighted by atomic mass is 35.5. The van der Waals surface area contributed by atoms with E-state index in [-0.39, 0.29) is 0 Å². The Kier molecular flexibility index (Phi) is 6.16. The van der Waals surface area contributed by atoms with Gasteiger partial charge in [0.15, 0.2) is 0 Å². The molecule has 0 unspecified atom stereocenters. The highest BCUT2D eigenvalue weighted by molar-refractivity contribution is 6.30. The molecule has 0 N–H and O–H groups in total. The zero-order valence-corrected chi connectivity index (χ0v) is 14.8. The molecule has 0 radical (unpaired) electrons. The van der Waals surface area contributed by atoms with Crippen LogP contribution < -0.4 is 0 Å². The summed E-state index contributed by atoms with van der Waals surface area (Å²) < 4.78 is 0. The van der Waals surface area contributed by atoms with Crippen LogP contribution >= 0.6 is 11.6 Å². The highest BCUT2D eigenvalue weighted by Gasteiger charge is 2.25. The van der Waals surface area contributed by atoms with E-state index in [1.54, 1.807) is 0 Å². The van der Waals surface area contributed by atoms with E-state index in [0.717, 1.165) is 35.6 Å². The van der Waals surface area contributed by atoms with Gasteiger partial charge in [0.05, 0.1) is 0 Å². The molecule has 2 fully saturated rings. The molecule has 0 aliphatic heterocycles. The first-order valence-electron chi connectivity index (χ1n) is 9.45. The maximum absolute atomic E-state index is 10.8. The molecular weight excluding hydrogens is 304 g/mol. The summed E-state index contributed by atoms with van der Waals surface area (Å²) in [5.41, 5.74) is 1.47. The Balaban J connectivity index is 1.38. The van der Waals surface area contributed by atoms with Crippen molar-refractivity contribution >= 4 is 17.9 Å². The summed E-state index contributed by atoms with van der Waals surface area (Å²) >= 11 is 5.99. The molecule has 2 heteroatoms. The summed E-state index contributed by atoms with van der Waals surface area (Å²) in [6, 6.07) is 8.47. The summed E-state index contributed by atoms with van der Waals surface area (Å²) in [5.74, 6) is 2.93. The number of carbonyl (C=O) groups excluding carboxylic acids is 1. The Bertz CT molecular complexity index is 479. The molecule has 0 heterocycles. The fourth-order valence-electron chi connectivity index (χ4n) is 4.60. The number of aldehydes is 1. The Hall–Kier alpha value is -0.820. The summed E-state index contributed by atoms with van der Waals surface area (Å²) in [7, 11) is 0. The topological polar surface area (TPSA) is 17.1 Å². The van der Waals surface area contributed by atoms with Crippen molar-refractivity contribution in [3.63, 3.8) is 0 Å². The molecule has 1 nitrogen and oxygen atoms in total. The van der Waals surface area contributed by atoms with Crippen molar-refractivity contribution in [1.82, 2.24) is 0 Å². The van der Waals surface area contributed by atoms with Gasteiger partial charge in [-0.15, -0.1) is 0 Å². The first kappa shape index (κ1) is 17.0. The van der Waals surface area contributed by atoms with E-state index in [0.29, 0.717) is 5.92 Å². The van der Waals surface area contributed by atoms with Crippen LogP contribution in [0.3, 0.4) is 0 Å². The molecule has 2 saturated carbocycles. The fraction of sp³-hybridized carbons (Fsp3) is 0.667. The number of benzene rings is 1. The first-order valence-corrected chi connectivity index (χ1v) is 9.83. The summed E-state index contributed by atoms with van der Waals surface area (Å²) in [6.07, 6.45) is 14.3. The van der Waals surface area contributed by atoms with E-state index in [2.05, 4.69) is 12.1 Å².